The van der Waals surface area contributed by atoms with Crippen molar-refractivity contribution in [2.24, 2.45) is 0 Å². The van der Waals surface area contributed by atoms with Gasteiger partial charge in [-0.2, -0.15) is 0 Å². The summed E-state index contributed by atoms with van der Waals surface area (Å²) in [5.41, 5.74) is 3.59. The number of rotatable bonds is 4. The minimum absolute atomic E-state index is 0.0613. The Morgan fingerprint density at radius 2 is 1.61 bits per heavy atom. The van der Waals surface area contributed by atoms with Crippen LogP contribution >= 0.6 is 0 Å². The van der Waals surface area contributed by atoms with Crippen LogP contribution in [0, 0.1) is 0 Å². The molecule has 0 aliphatic carbocycles. The number of hydrogen-bond donors (Lipinski definition) is 1. The smallest absolute Gasteiger partial charge is 0.337 e. The third-order valence-electron chi connectivity index (χ3n) is 5.04. The lowest BCUT2D eigenvalue weighted by molar-refractivity contribution is 0.0600. The first-order chi connectivity index (χ1) is 13.5. The predicted molar refractivity (Wildman–Crippen MR) is 111 cm³/mol. The van der Waals surface area contributed by atoms with E-state index in [9.17, 15) is 9.59 Å². The normalized spacial score (nSPS) is 14.1. The van der Waals surface area contributed by atoms with Crippen LogP contribution < -0.4 is 10.2 Å². The molecule has 2 amide bonds. The van der Waals surface area contributed by atoms with E-state index in [4.69, 9.17) is 4.74 Å². The monoisotopic (exact) mass is 381 g/mol. The zero-order valence-electron chi connectivity index (χ0n) is 16.6. The highest BCUT2D eigenvalue weighted by molar-refractivity contribution is 5.91. The maximum Gasteiger partial charge on any atom is 0.337 e. The van der Waals surface area contributed by atoms with Crippen LogP contribution in [0.25, 0.3) is 0 Å². The number of esters is 1. The van der Waals surface area contributed by atoms with Gasteiger partial charge in [-0.05, 0) is 41.8 Å². The summed E-state index contributed by atoms with van der Waals surface area (Å²) in [6.07, 6.45) is 0. The summed E-state index contributed by atoms with van der Waals surface area (Å²) in [4.78, 5) is 28.3. The van der Waals surface area contributed by atoms with E-state index in [1.54, 1.807) is 12.1 Å². The van der Waals surface area contributed by atoms with Gasteiger partial charge in [0.15, 0.2) is 0 Å². The standard InChI is InChI=1S/C22H27N3O3/c1-16(2)19-6-4-5-7-20(19)23-22(27)25-14-12-24(13-15-25)18-10-8-17(9-11-18)21(26)28-3/h4-11,16H,12-15H2,1-3H3,(H,23,27). The molecular formula is C22H27N3O3. The predicted octanol–water partition coefficient (Wildman–Crippen LogP) is 3.95. The molecule has 6 nitrogen and oxygen atoms in total. The maximum atomic E-state index is 12.7. The number of para-hydroxylation sites is 1. The highest BCUT2D eigenvalue weighted by Crippen LogP contribution is 2.24. The molecule has 1 fully saturated rings. The molecular weight excluding hydrogens is 354 g/mol. The van der Waals surface area contributed by atoms with E-state index in [1.807, 2.05) is 35.2 Å². The number of amides is 2. The fourth-order valence-electron chi connectivity index (χ4n) is 3.40. The summed E-state index contributed by atoms with van der Waals surface area (Å²) < 4.78 is 4.73. The van der Waals surface area contributed by atoms with Crippen LogP contribution in [-0.4, -0.2) is 50.2 Å². The summed E-state index contributed by atoms with van der Waals surface area (Å²) in [7, 11) is 1.38. The molecule has 1 aliphatic rings. The third-order valence-corrected chi connectivity index (χ3v) is 5.04. The SMILES string of the molecule is COC(=O)c1ccc(N2CCN(C(=O)Nc3ccccc3C(C)C)CC2)cc1. The lowest BCUT2D eigenvalue weighted by atomic mass is 10.0. The van der Waals surface area contributed by atoms with E-state index in [2.05, 4.69) is 30.1 Å². The average Bonchev–Trinajstić information content (AvgIpc) is 2.73. The number of methoxy groups -OCH3 is 1. The molecule has 0 radical (unpaired) electrons. The lowest BCUT2D eigenvalue weighted by Crippen LogP contribution is -2.50. The van der Waals surface area contributed by atoms with E-state index < -0.39 is 0 Å². The topological polar surface area (TPSA) is 61.9 Å². The molecule has 0 bridgehead atoms. The molecule has 28 heavy (non-hydrogen) atoms. The van der Waals surface area contributed by atoms with Crippen LogP contribution in [0.5, 0.6) is 0 Å². The van der Waals surface area contributed by atoms with Crippen molar-refractivity contribution < 1.29 is 14.3 Å². The molecule has 2 aromatic rings. The summed E-state index contributed by atoms with van der Waals surface area (Å²) in [5.74, 6) is 0.0102. The van der Waals surface area contributed by atoms with Crippen LogP contribution in [0.3, 0.4) is 0 Å². The highest BCUT2D eigenvalue weighted by atomic mass is 16.5. The Morgan fingerprint density at radius 1 is 0.964 bits per heavy atom. The van der Waals surface area contributed by atoms with Gasteiger partial charge < -0.3 is 19.9 Å². The molecule has 148 valence electrons. The number of benzene rings is 2. The summed E-state index contributed by atoms with van der Waals surface area (Å²) in [5, 5.41) is 3.06. The van der Waals surface area contributed by atoms with Crippen molar-refractivity contribution in [3.05, 3.63) is 59.7 Å². The quantitative estimate of drug-likeness (QED) is 0.815. The van der Waals surface area contributed by atoms with Crippen molar-refractivity contribution in [1.29, 1.82) is 0 Å². The molecule has 0 unspecified atom stereocenters. The zero-order valence-corrected chi connectivity index (χ0v) is 16.6. The second-order valence-corrected chi connectivity index (χ2v) is 7.18. The number of carbonyl (C=O) groups excluding carboxylic acids is 2. The van der Waals surface area contributed by atoms with Gasteiger partial charge in [-0.15, -0.1) is 0 Å². The molecule has 1 aliphatic heterocycles. The van der Waals surface area contributed by atoms with Crippen LogP contribution in [0.2, 0.25) is 0 Å². The molecule has 0 atom stereocenters. The average molecular weight is 381 g/mol. The molecule has 0 saturated carbocycles. The van der Waals surface area contributed by atoms with Crippen molar-refractivity contribution in [2.45, 2.75) is 19.8 Å². The fourth-order valence-corrected chi connectivity index (χ4v) is 3.40. The van der Waals surface area contributed by atoms with Crippen molar-refractivity contribution in [1.82, 2.24) is 4.90 Å². The Balaban J connectivity index is 1.58. The van der Waals surface area contributed by atoms with E-state index in [-0.39, 0.29) is 12.0 Å². The van der Waals surface area contributed by atoms with Crippen molar-refractivity contribution in [3.63, 3.8) is 0 Å². The van der Waals surface area contributed by atoms with Crippen molar-refractivity contribution >= 4 is 23.4 Å². The van der Waals surface area contributed by atoms with E-state index >= 15 is 0 Å². The number of carbonyl (C=O) groups is 2. The molecule has 1 heterocycles. The van der Waals surface area contributed by atoms with E-state index in [1.165, 1.54) is 7.11 Å². The zero-order chi connectivity index (χ0) is 20.1. The lowest BCUT2D eigenvalue weighted by Gasteiger charge is -2.36. The largest absolute Gasteiger partial charge is 0.465 e. The Kier molecular flexibility index (Phi) is 6.19. The van der Waals surface area contributed by atoms with Crippen LogP contribution in [0.4, 0.5) is 16.2 Å². The first-order valence-corrected chi connectivity index (χ1v) is 9.57. The summed E-state index contributed by atoms with van der Waals surface area (Å²) in [6, 6.07) is 15.2. The first kappa shape index (κ1) is 19.7. The molecule has 2 aromatic carbocycles. The van der Waals surface area contributed by atoms with Gasteiger partial charge in [0.1, 0.15) is 0 Å². The van der Waals surface area contributed by atoms with Crippen LogP contribution in [0.1, 0.15) is 35.7 Å². The number of ether oxygens (including phenoxy) is 1. The molecule has 1 saturated heterocycles. The molecule has 0 aromatic heterocycles. The minimum atomic E-state index is -0.338. The Labute approximate surface area is 166 Å². The van der Waals surface area contributed by atoms with Gasteiger partial charge in [0.25, 0.3) is 0 Å². The van der Waals surface area contributed by atoms with Gasteiger partial charge in [-0.25, -0.2) is 9.59 Å². The Bertz CT molecular complexity index is 825. The first-order valence-electron chi connectivity index (χ1n) is 9.57. The number of nitrogens with one attached hydrogen (secondary N) is 1. The minimum Gasteiger partial charge on any atom is -0.465 e. The van der Waals surface area contributed by atoms with Crippen LogP contribution in [-0.2, 0) is 4.74 Å². The number of hydrogen-bond acceptors (Lipinski definition) is 4. The molecule has 0 spiro atoms. The Hall–Kier alpha value is -3.02. The van der Waals surface area contributed by atoms with E-state index in [0.29, 0.717) is 24.6 Å². The van der Waals surface area contributed by atoms with Crippen molar-refractivity contribution in [2.75, 3.05) is 43.5 Å². The van der Waals surface area contributed by atoms with Gasteiger partial charge in [0, 0.05) is 37.6 Å². The maximum absolute atomic E-state index is 12.7. The van der Waals surface area contributed by atoms with Crippen molar-refractivity contribution in [3.8, 4) is 0 Å². The van der Waals surface area contributed by atoms with E-state index in [0.717, 1.165) is 30.0 Å². The number of nitrogens with zero attached hydrogens (tertiary/aromatic N) is 2. The van der Waals surface area contributed by atoms with Gasteiger partial charge in [0.2, 0.25) is 0 Å². The molecule has 3 rings (SSSR count). The molecule has 1 N–H and O–H groups in total. The number of piperazine rings is 1. The highest BCUT2D eigenvalue weighted by Gasteiger charge is 2.22. The number of urea groups is 1. The summed E-state index contributed by atoms with van der Waals surface area (Å²) in [6.45, 7) is 7.03. The summed E-state index contributed by atoms with van der Waals surface area (Å²) >= 11 is 0. The van der Waals surface area contributed by atoms with Gasteiger partial charge in [0.05, 0.1) is 12.7 Å². The second kappa shape index (κ2) is 8.78. The van der Waals surface area contributed by atoms with Crippen LogP contribution in [0.15, 0.2) is 48.5 Å². The second-order valence-electron chi connectivity index (χ2n) is 7.18. The van der Waals surface area contributed by atoms with Gasteiger partial charge in [-0.3, -0.25) is 0 Å². The fraction of sp³-hybridized carbons (Fsp3) is 0.364. The third kappa shape index (κ3) is 4.44. The van der Waals surface area contributed by atoms with Gasteiger partial charge in [-0.1, -0.05) is 32.0 Å². The number of anilines is 2. The Morgan fingerprint density at radius 3 is 2.21 bits per heavy atom. The molecule has 6 heteroatoms. The van der Waals surface area contributed by atoms with Gasteiger partial charge >= 0.3 is 12.0 Å².